The van der Waals surface area contributed by atoms with Crippen molar-refractivity contribution in [1.82, 2.24) is 14.8 Å². The molecule has 1 atom stereocenters. The van der Waals surface area contributed by atoms with Gasteiger partial charge in [-0.3, -0.25) is 4.79 Å². The quantitative estimate of drug-likeness (QED) is 0.658. The molecule has 6 nitrogen and oxygen atoms in total. The number of rotatable bonds is 2. The summed E-state index contributed by atoms with van der Waals surface area (Å²) in [6.07, 6.45) is 1.27. The Hall–Kier alpha value is -3.72. The first-order valence-corrected chi connectivity index (χ1v) is 10.4. The third kappa shape index (κ3) is 3.23. The van der Waals surface area contributed by atoms with E-state index in [1.54, 1.807) is 12.1 Å². The minimum Gasteiger partial charge on any atom is -0.328 e. The van der Waals surface area contributed by atoms with E-state index in [0.717, 1.165) is 34.4 Å². The van der Waals surface area contributed by atoms with E-state index in [2.05, 4.69) is 25.2 Å². The summed E-state index contributed by atoms with van der Waals surface area (Å²) >= 11 is 0. The first kappa shape index (κ1) is 19.3. The van der Waals surface area contributed by atoms with Crippen LogP contribution in [0, 0.1) is 23.7 Å². The number of carbonyl (C=O) groups is 1. The number of nitriles is 1. The number of nitrogens with zero attached hydrogens (tertiary/aromatic N) is 4. The van der Waals surface area contributed by atoms with E-state index in [-0.39, 0.29) is 17.2 Å². The lowest BCUT2D eigenvalue weighted by molar-refractivity contribution is -0.118. The van der Waals surface area contributed by atoms with E-state index in [1.165, 1.54) is 0 Å². The van der Waals surface area contributed by atoms with Crippen LogP contribution in [0.25, 0.3) is 11.4 Å². The summed E-state index contributed by atoms with van der Waals surface area (Å²) in [4.78, 5) is 18.1. The molecule has 0 spiro atoms. The van der Waals surface area contributed by atoms with Crippen molar-refractivity contribution >= 4 is 11.7 Å². The average Bonchev–Trinajstić information content (AvgIpc) is 3.15. The lowest BCUT2D eigenvalue weighted by Crippen LogP contribution is -2.36. The van der Waals surface area contributed by atoms with Gasteiger partial charge in [0.15, 0.2) is 11.6 Å². The maximum Gasteiger partial charge on any atom is 0.226 e. The first-order chi connectivity index (χ1) is 14.9. The number of Topliss-reactive ketones (excluding diaryl/α,β-unsaturated/α-hetero) is 1. The molecule has 2 heterocycles. The van der Waals surface area contributed by atoms with E-state index in [0.29, 0.717) is 23.8 Å². The number of hydrogen-bond acceptors (Lipinski definition) is 5. The Balaban J connectivity index is 1.69. The summed E-state index contributed by atoms with van der Waals surface area (Å²) in [6.45, 7) is 6.27. The number of benzene rings is 2. The zero-order valence-electron chi connectivity index (χ0n) is 17.8. The van der Waals surface area contributed by atoms with Gasteiger partial charge in [-0.05, 0) is 42.0 Å². The highest BCUT2D eigenvalue weighted by Gasteiger charge is 2.41. The number of carbonyl (C=O) groups excluding carboxylic acids is 1. The van der Waals surface area contributed by atoms with E-state index in [1.807, 2.05) is 48.0 Å². The van der Waals surface area contributed by atoms with Gasteiger partial charge in [0.25, 0.3) is 0 Å². The molecular formula is C25H23N5O. The summed E-state index contributed by atoms with van der Waals surface area (Å²) in [5.74, 6) is 1.40. The maximum absolute atomic E-state index is 13.3. The second-order valence-corrected chi connectivity index (χ2v) is 9.11. The third-order valence-electron chi connectivity index (χ3n) is 6.07. The van der Waals surface area contributed by atoms with E-state index < -0.39 is 0 Å². The largest absolute Gasteiger partial charge is 0.328 e. The van der Waals surface area contributed by atoms with Gasteiger partial charge in [-0.25, -0.2) is 4.68 Å². The Kier molecular flexibility index (Phi) is 4.30. The molecule has 1 aliphatic heterocycles. The molecule has 1 aromatic heterocycles. The van der Waals surface area contributed by atoms with E-state index in [9.17, 15) is 10.1 Å². The molecule has 2 aromatic carbocycles. The summed E-state index contributed by atoms with van der Waals surface area (Å²) in [5, 5.41) is 17.4. The normalized spacial score (nSPS) is 19.3. The summed E-state index contributed by atoms with van der Waals surface area (Å²) in [6, 6.07) is 17.2. The van der Waals surface area contributed by atoms with Crippen LogP contribution < -0.4 is 5.32 Å². The van der Waals surface area contributed by atoms with Crippen molar-refractivity contribution in [3.8, 4) is 17.5 Å². The van der Waals surface area contributed by atoms with Gasteiger partial charge >= 0.3 is 0 Å². The number of allylic oxidation sites excluding steroid dienone is 2. The fraction of sp³-hybridized carbons (Fsp3) is 0.280. The molecule has 1 aliphatic carbocycles. The molecule has 0 amide bonds. The van der Waals surface area contributed by atoms with Crippen LogP contribution in [0.3, 0.4) is 0 Å². The standard InChI is InChI=1S/C25H23N5O/c1-15-6-4-5-7-18(15)23-28-24-27-19-12-25(2,3)13-20(31)21(19)22(30(24)29-23)17-10-8-16(14-26)9-11-17/h4-11,22H,12-13H2,1-3H3,(H,27,28,29). The Morgan fingerprint density at radius 2 is 1.87 bits per heavy atom. The number of fused-ring (bicyclic) bond motifs is 1. The van der Waals surface area contributed by atoms with Crippen LogP contribution in [0.4, 0.5) is 5.95 Å². The molecular weight excluding hydrogens is 386 g/mol. The van der Waals surface area contributed by atoms with E-state index >= 15 is 0 Å². The lowest BCUT2D eigenvalue weighted by Gasteiger charge is -2.38. The smallest absolute Gasteiger partial charge is 0.226 e. The molecule has 2 aliphatic rings. The first-order valence-electron chi connectivity index (χ1n) is 10.4. The van der Waals surface area contributed by atoms with E-state index in [4.69, 9.17) is 10.1 Å². The van der Waals surface area contributed by atoms with Crippen LogP contribution >= 0.6 is 0 Å². The highest BCUT2D eigenvalue weighted by atomic mass is 16.1. The van der Waals surface area contributed by atoms with Crippen molar-refractivity contribution in [3.63, 3.8) is 0 Å². The Morgan fingerprint density at radius 3 is 2.58 bits per heavy atom. The molecule has 0 saturated heterocycles. The highest BCUT2D eigenvalue weighted by Crippen LogP contribution is 2.45. The van der Waals surface area contributed by atoms with Gasteiger partial charge in [-0.2, -0.15) is 10.2 Å². The molecule has 0 radical (unpaired) electrons. The minimum atomic E-state index is -0.368. The maximum atomic E-state index is 13.3. The van der Waals surface area contributed by atoms with Crippen molar-refractivity contribution in [2.75, 3.05) is 5.32 Å². The van der Waals surface area contributed by atoms with Crippen molar-refractivity contribution in [1.29, 1.82) is 5.26 Å². The van der Waals surface area contributed by atoms with Gasteiger partial charge in [0.1, 0.15) is 6.04 Å². The number of hydrogen-bond donors (Lipinski definition) is 1. The molecule has 1 unspecified atom stereocenters. The minimum absolute atomic E-state index is 0.112. The number of aromatic nitrogens is 3. The van der Waals surface area contributed by atoms with Crippen LogP contribution in [-0.2, 0) is 4.79 Å². The molecule has 6 heteroatoms. The van der Waals surface area contributed by atoms with Crippen LogP contribution in [0.5, 0.6) is 0 Å². The predicted octanol–water partition coefficient (Wildman–Crippen LogP) is 4.78. The summed E-state index contributed by atoms with van der Waals surface area (Å²) in [5.41, 5.74) is 5.12. The molecule has 5 rings (SSSR count). The van der Waals surface area contributed by atoms with Gasteiger partial charge in [0.2, 0.25) is 5.95 Å². The van der Waals surface area contributed by atoms with Crippen LogP contribution in [0.15, 0.2) is 59.8 Å². The monoisotopic (exact) mass is 409 g/mol. The zero-order chi connectivity index (χ0) is 21.8. The molecule has 154 valence electrons. The highest BCUT2D eigenvalue weighted by molar-refractivity contribution is 6.00. The van der Waals surface area contributed by atoms with Gasteiger partial charge in [-0.1, -0.05) is 50.2 Å². The van der Waals surface area contributed by atoms with Gasteiger partial charge < -0.3 is 5.32 Å². The van der Waals surface area contributed by atoms with Crippen molar-refractivity contribution in [2.24, 2.45) is 5.41 Å². The fourth-order valence-corrected chi connectivity index (χ4v) is 4.59. The SMILES string of the molecule is Cc1ccccc1-c1nc2n(n1)C(c1ccc(C#N)cc1)C1=C(CC(C)(C)CC1=O)N2. The van der Waals surface area contributed by atoms with Gasteiger partial charge in [0.05, 0.1) is 11.6 Å². The van der Waals surface area contributed by atoms with Crippen LogP contribution in [0.2, 0.25) is 0 Å². The molecule has 1 N–H and O–H groups in total. The average molecular weight is 409 g/mol. The van der Waals surface area contributed by atoms with Gasteiger partial charge in [-0.15, -0.1) is 5.10 Å². The Morgan fingerprint density at radius 1 is 1.13 bits per heavy atom. The number of ketones is 1. The fourth-order valence-electron chi connectivity index (χ4n) is 4.59. The summed E-state index contributed by atoms with van der Waals surface area (Å²) < 4.78 is 1.82. The number of nitrogens with one attached hydrogen (secondary N) is 1. The van der Waals surface area contributed by atoms with Gasteiger partial charge in [0, 0.05) is 23.3 Å². The Bertz CT molecular complexity index is 1270. The second-order valence-electron chi connectivity index (χ2n) is 9.11. The second kappa shape index (κ2) is 6.92. The van der Waals surface area contributed by atoms with Crippen molar-refractivity contribution in [2.45, 2.75) is 39.7 Å². The summed E-state index contributed by atoms with van der Waals surface area (Å²) in [7, 11) is 0. The molecule has 0 fully saturated rings. The van der Waals surface area contributed by atoms with Crippen LogP contribution in [-0.4, -0.2) is 20.5 Å². The third-order valence-corrected chi connectivity index (χ3v) is 6.07. The van der Waals surface area contributed by atoms with Crippen LogP contribution in [0.1, 0.15) is 49.4 Å². The predicted molar refractivity (Wildman–Crippen MR) is 118 cm³/mol. The Labute approximate surface area is 181 Å². The molecule has 3 aromatic rings. The van der Waals surface area contributed by atoms with Crippen molar-refractivity contribution in [3.05, 3.63) is 76.5 Å². The molecule has 0 saturated carbocycles. The number of aryl methyl sites for hydroxylation is 1. The molecule has 0 bridgehead atoms. The number of anilines is 1. The zero-order valence-corrected chi connectivity index (χ0v) is 17.8. The molecule has 31 heavy (non-hydrogen) atoms. The topological polar surface area (TPSA) is 83.6 Å². The lowest BCUT2D eigenvalue weighted by atomic mass is 9.73. The van der Waals surface area contributed by atoms with Crippen molar-refractivity contribution < 1.29 is 4.79 Å².